The number of methoxy groups -OCH3 is 1. The molecule has 2 aliphatic heterocycles. The van der Waals surface area contributed by atoms with E-state index in [1.807, 2.05) is 73.1 Å². The molecule has 1 spiro atoms. The summed E-state index contributed by atoms with van der Waals surface area (Å²) in [7, 11) is 1.65. The molecule has 5 rings (SSSR count). The van der Waals surface area contributed by atoms with Crippen molar-refractivity contribution in [2.75, 3.05) is 12.4 Å². The summed E-state index contributed by atoms with van der Waals surface area (Å²) in [6.07, 6.45) is 1.95. The van der Waals surface area contributed by atoms with E-state index in [0.29, 0.717) is 5.88 Å². The average Bonchev–Trinajstić information content (AvgIpc) is 3.19. The molecule has 0 unspecified atom stereocenters. The Kier molecular flexibility index (Phi) is 3.25. The highest BCUT2D eigenvalue weighted by molar-refractivity contribution is 5.68. The third-order valence-corrected chi connectivity index (χ3v) is 4.83. The smallest absolute Gasteiger partial charge is 0.237 e. The second-order valence-corrected chi connectivity index (χ2v) is 6.69. The van der Waals surface area contributed by atoms with E-state index in [9.17, 15) is 0 Å². The first-order valence-corrected chi connectivity index (χ1v) is 8.78. The number of hydrogen-bond acceptors (Lipinski definition) is 5. The first-order valence-electron chi connectivity index (χ1n) is 8.78. The molecule has 0 bridgehead atoms. The summed E-state index contributed by atoms with van der Waals surface area (Å²) in [5, 5.41) is 8.23. The molecule has 6 heteroatoms. The first kappa shape index (κ1) is 15.8. The number of ether oxygens (including phenoxy) is 3. The summed E-state index contributed by atoms with van der Waals surface area (Å²) >= 11 is 0. The lowest BCUT2D eigenvalue weighted by Gasteiger charge is -2.31. The molecule has 2 aliphatic rings. The SMILES string of the molecule is COc1ccc2c(c1)N[C@@]1(C=C(C)Oc3c1c(C)nn3-c1ccccc1)O2. The zero-order valence-electron chi connectivity index (χ0n) is 15.3. The van der Waals surface area contributed by atoms with E-state index < -0.39 is 5.72 Å². The summed E-state index contributed by atoms with van der Waals surface area (Å²) in [6, 6.07) is 15.7. The molecular weight excluding hydrogens is 342 g/mol. The van der Waals surface area contributed by atoms with Crippen molar-refractivity contribution < 1.29 is 14.2 Å². The number of nitrogens with one attached hydrogen (secondary N) is 1. The second kappa shape index (κ2) is 5.54. The zero-order chi connectivity index (χ0) is 18.6. The van der Waals surface area contributed by atoms with Crippen molar-refractivity contribution in [2.45, 2.75) is 19.6 Å². The average molecular weight is 361 g/mol. The van der Waals surface area contributed by atoms with Crippen LogP contribution >= 0.6 is 0 Å². The summed E-state index contributed by atoms with van der Waals surface area (Å²) in [5.74, 6) is 2.93. The van der Waals surface area contributed by atoms with Gasteiger partial charge in [-0.25, -0.2) is 4.68 Å². The molecule has 1 N–H and O–H groups in total. The van der Waals surface area contributed by atoms with Crippen molar-refractivity contribution in [3.8, 4) is 23.1 Å². The Morgan fingerprint density at radius 1 is 1.11 bits per heavy atom. The van der Waals surface area contributed by atoms with Gasteiger partial charge >= 0.3 is 0 Å². The van der Waals surface area contributed by atoms with Crippen molar-refractivity contribution in [3.63, 3.8) is 0 Å². The topological polar surface area (TPSA) is 57.5 Å². The third-order valence-electron chi connectivity index (χ3n) is 4.83. The highest BCUT2D eigenvalue weighted by atomic mass is 16.5. The number of anilines is 1. The minimum Gasteiger partial charge on any atom is -0.497 e. The molecule has 1 aromatic heterocycles. The molecule has 0 fully saturated rings. The minimum atomic E-state index is -0.858. The molecule has 0 amide bonds. The number of fused-ring (bicyclic) bond motifs is 3. The van der Waals surface area contributed by atoms with Gasteiger partial charge in [0.15, 0.2) is 0 Å². The van der Waals surface area contributed by atoms with Gasteiger partial charge in [-0.2, -0.15) is 5.10 Å². The highest BCUT2D eigenvalue weighted by Gasteiger charge is 2.47. The Morgan fingerprint density at radius 2 is 1.93 bits per heavy atom. The van der Waals surface area contributed by atoms with Crippen LogP contribution in [0.2, 0.25) is 0 Å². The van der Waals surface area contributed by atoms with Gasteiger partial charge in [-0.15, -0.1) is 0 Å². The van der Waals surface area contributed by atoms with E-state index in [0.717, 1.165) is 39.9 Å². The number of rotatable bonds is 2. The van der Waals surface area contributed by atoms with Crippen LogP contribution in [0.4, 0.5) is 5.69 Å². The molecule has 27 heavy (non-hydrogen) atoms. The van der Waals surface area contributed by atoms with Gasteiger partial charge in [-0.1, -0.05) is 18.2 Å². The number of hydrogen-bond donors (Lipinski definition) is 1. The van der Waals surface area contributed by atoms with Crippen molar-refractivity contribution >= 4 is 5.69 Å². The van der Waals surface area contributed by atoms with Crippen molar-refractivity contribution in [2.24, 2.45) is 0 Å². The molecule has 0 saturated heterocycles. The number of allylic oxidation sites excluding steroid dienone is 1. The second-order valence-electron chi connectivity index (χ2n) is 6.69. The van der Waals surface area contributed by atoms with E-state index in [-0.39, 0.29) is 0 Å². The van der Waals surface area contributed by atoms with Gasteiger partial charge in [0.05, 0.1) is 24.2 Å². The molecule has 0 aliphatic carbocycles. The maximum Gasteiger partial charge on any atom is 0.237 e. The fourth-order valence-corrected chi connectivity index (χ4v) is 3.71. The summed E-state index contributed by atoms with van der Waals surface area (Å²) in [4.78, 5) is 0. The molecule has 1 atom stereocenters. The Hall–Kier alpha value is -3.41. The Bertz CT molecular complexity index is 1070. The predicted molar refractivity (Wildman–Crippen MR) is 102 cm³/mol. The van der Waals surface area contributed by atoms with E-state index >= 15 is 0 Å². The van der Waals surface area contributed by atoms with E-state index in [1.54, 1.807) is 7.11 Å². The lowest BCUT2D eigenvalue weighted by molar-refractivity contribution is 0.153. The van der Waals surface area contributed by atoms with Crippen LogP contribution in [0.25, 0.3) is 5.69 Å². The van der Waals surface area contributed by atoms with Gasteiger partial charge in [0, 0.05) is 12.1 Å². The van der Waals surface area contributed by atoms with Gasteiger partial charge in [-0.05, 0) is 38.1 Å². The van der Waals surface area contributed by atoms with Crippen molar-refractivity contribution in [3.05, 3.63) is 71.6 Å². The molecular formula is C21H19N3O3. The first-order chi connectivity index (χ1) is 13.1. The molecule has 6 nitrogen and oxygen atoms in total. The fraction of sp³-hybridized carbons (Fsp3) is 0.190. The van der Waals surface area contributed by atoms with Crippen LogP contribution in [-0.2, 0) is 5.72 Å². The van der Waals surface area contributed by atoms with Gasteiger partial charge in [0.1, 0.15) is 22.8 Å². The summed E-state index contributed by atoms with van der Waals surface area (Å²) in [6.45, 7) is 3.88. The Morgan fingerprint density at radius 3 is 2.70 bits per heavy atom. The number of benzene rings is 2. The molecule has 3 heterocycles. The molecule has 3 aromatic rings. The van der Waals surface area contributed by atoms with Crippen LogP contribution in [0.3, 0.4) is 0 Å². The number of aromatic nitrogens is 2. The van der Waals surface area contributed by atoms with Gasteiger partial charge in [0.2, 0.25) is 11.6 Å². The highest BCUT2D eigenvalue weighted by Crippen LogP contribution is 2.50. The molecule has 136 valence electrons. The predicted octanol–water partition coefficient (Wildman–Crippen LogP) is 4.14. The van der Waals surface area contributed by atoms with Crippen LogP contribution in [0.15, 0.2) is 60.4 Å². The molecule has 2 aromatic carbocycles. The number of para-hydroxylation sites is 1. The van der Waals surface area contributed by atoms with Crippen molar-refractivity contribution in [1.29, 1.82) is 0 Å². The largest absolute Gasteiger partial charge is 0.497 e. The molecule has 0 radical (unpaired) electrons. The normalized spacial score (nSPS) is 19.4. The monoisotopic (exact) mass is 361 g/mol. The molecule has 0 saturated carbocycles. The summed E-state index contributed by atoms with van der Waals surface area (Å²) < 4.78 is 19.6. The standard InChI is InChI=1S/C21H19N3O3/c1-13-12-21(22-17-11-16(25-3)9-10-18(17)27-21)19-14(2)23-24(20(19)26-13)15-7-5-4-6-8-15/h4-12,22H,1-3H3/t21-/m0/s1. The van der Waals surface area contributed by atoms with Crippen LogP contribution in [0.1, 0.15) is 18.2 Å². The summed E-state index contributed by atoms with van der Waals surface area (Å²) in [5.41, 5.74) is 2.66. The lowest BCUT2D eigenvalue weighted by atomic mass is 10.0. The van der Waals surface area contributed by atoms with Crippen molar-refractivity contribution in [1.82, 2.24) is 9.78 Å². The number of aryl methyl sites for hydroxylation is 1. The fourth-order valence-electron chi connectivity index (χ4n) is 3.71. The van der Waals surface area contributed by atoms with Crippen LogP contribution in [0, 0.1) is 6.92 Å². The quantitative estimate of drug-likeness (QED) is 0.743. The van der Waals surface area contributed by atoms with Crippen LogP contribution < -0.4 is 19.5 Å². The van der Waals surface area contributed by atoms with Gasteiger partial charge in [-0.3, -0.25) is 0 Å². The van der Waals surface area contributed by atoms with Crippen LogP contribution in [-0.4, -0.2) is 16.9 Å². The Labute approximate surface area is 157 Å². The Balaban J connectivity index is 1.67. The maximum atomic E-state index is 6.39. The van der Waals surface area contributed by atoms with E-state index in [4.69, 9.17) is 19.3 Å². The van der Waals surface area contributed by atoms with Crippen LogP contribution in [0.5, 0.6) is 17.4 Å². The van der Waals surface area contributed by atoms with E-state index in [1.165, 1.54) is 0 Å². The van der Waals surface area contributed by atoms with Gasteiger partial charge in [0.25, 0.3) is 0 Å². The lowest BCUT2D eigenvalue weighted by Crippen LogP contribution is -2.38. The number of nitrogens with zero attached hydrogens (tertiary/aromatic N) is 2. The van der Waals surface area contributed by atoms with Gasteiger partial charge < -0.3 is 19.5 Å². The minimum absolute atomic E-state index is 0.658. The van der Waals surface area contributed by atoms with E-state index in [2.05, 4.69) is 5.32 Å². The maximum absolute atomic E-state index is 6.39. The third kappa shape index (κ3) is 2.30. The zero-order valence-corrected chi connectivity index (χ0v) is 15.3.